The van der Waals surface area contributed by atoms with Crippen molar-refractivity contribution in [3.63, 3.8) is 0 Å². The van der Waals surface area contributed by atoms with E-state index in [2.05, 4.69) is 9.93 Å². The van der Waals surface area contributed by atoms with Crippen LogP contribution >= 0.6 is 0 Å². The first-order valence-corrected chi connectivity index (χ1v) is 9.55. The number of rotatable bonds is 9. The van der Waals surface area contributed by atoms with Crippen LogP contribution in [0.25, 0.3) is 0 Å². The Labute approximate surface area is 156 Å². The number of sulfonamides is 1. The fourth-order valence-electron chi connectivity index (χ4n) is 2.19. The van der Waals surface area contributed by atoms with E-state index in [0.717, 1.165) is 6.21 Å². The lowest BCUT2D eigenvalue weighted by Gasteiger charge is -2.11. The first kappa shape index (κ1) is 20.2. The van der Waals surface area contributed by atoms with Gasteiger partial charge in [-0.15, -0.1) is 0 Å². The highest BCUT2D eigenvalue weighted by atomic mass is 32.2. The van der Waals surface area contributed by atoms with Crippen molar-refractivity contribution in [2.24, 2.45) is 5.10 Å². The summed E-state index contributed by atoms with van der Waals surface area (Å²) < 4.78 is 35.0. The minimum atomic E-state index is -3.83. The summed E-state index contributed by atoms with van der Waals surface area (Å²) in [6.45, 7) is 3.94. The van der Waals surface area contributed by atoms with Crippen molar-refractivity contribution < 1.29 is 22.8 Å². The second-order valence-corrected chi connectivity index (χ2v) is 6.82. The van der Waals surface area contributed by atoms with E-state index in [1.807, 2.05) is 0 Å². The number of benzene rings is 2. The molecule has 0 unspecified atom stereocenters. The first-order valence-electron chi connectivity index (χ1n) is 8.07. The molecule has 0 bridgehead atoms. The van der Waals surface area contributed by atoms with Gasteiger partial charge in [-0.2, -0.15) is 13.5 Å². The molecular formula is C17H19N3O6S. The van der Waals surface area contributed by atoms with Crippen LogP contribution in [0.5, 0.6) is 11.5 Å². The molecule has 0 fully saturated rings. The van der Waals surface area contributed by atoms with E-state index in [1.54, 1.807) is 32.0 Å². The molecule has 144 valence electrons. The van der Waals surface area contributed by atoms with Crippen LogP contribution in [0.2, 0.25) is 0 Å². The predicted molar refractivity (Wildman–Crippen MR) is 99.8 cm³/mol. The molecule has 0 aliphatic heterocycles. The minimum absolute atomic E-state index is 0.0198. The molecule has 0 radical (unpaired) electrons. The molecule has 9 nitrogen and oxygen atoms in total. The number of nitrogens with one attached hydrogen (secondary N) is 1. The highest BCUT2D eigenvalue weighted by Crippen LogP contribution is 2.38. The molecule has 0 aliphatic rings. The Morgan fingerprint density at radius 3 is 2.41 bits per heavy atom. The van der Waals surface area contributed by atoms with E-state index >= 15 is 0 Å². The van der Waals surface area contributed by atoms with Gasteiger partial charge in [0.1, 0.15) is 0 Å². The van der Waals surface area contributed by atoms with Crippen molar-refractivity contribution >= 4 is 21.9 Å². The molecule has 2 aromatic rings. The van der Waals surface area contributed by atoms with Crippen molar-refractivity contribution in [1.82, 2.24) is 4.83 Å². The number of nitro benzene ring substituents is 1. The van der Waals surface area contributed by atoms with Crippen molar-refractivity contribution in [2.75, 3.05) is 13.2 Å². The molecule has 0 aromatic heterocycles. The predicted octanol–water partition coefficient (Wildman–Crippen LogP) is 2.70. The van der Waals surface area contributed by atoms with Crippen LogP contribution in [-0.4, -0.2) is 32.8 Å². The van der Waals surface area contributed by atoms with Crippen LogP contribution < -0.4 is 14.3 Å². The second kappa shape index (κ2) is 8.99. The smallest absolute Gasteiger partial charge is 0.315 e. The number of hydrazone groups is 1. The first-order chi connectivity index (χ1) is 12.9. The summed E-state index contributed by atoms with van der Waals surface area (Å²) >= 11 is 0. The van der Waals surface area contributed by atoms with Crippen LogP contribution in [0.15, 0.2) is 52.5 Å². The highest BCUT2D eigenvalue weighted by molar-refractivity contribution is 7.89. The maximum Gasteiger partial charge on any atom is 0.315 e. The van der Waals surface area contributed by atoms with Crippen LogP contribution in [0.3, 0.4) is 0 Å². The third kappa shape index (κ3) is 5.17. The molecule has 0 saturated carbocycles. The van der Waals surface area contributed by atoms with Gasteiger partial charge in [0, 0.05) is 11.6 Å². The Hall–Kier alpha value is -3.14. The Kier molecular flexibility index (Phi) is 6.72. The van der Waals surface area contributed by atoms with Crippen molar-refractivity contribution in [2.45, 2.75) is 18.7 Å². The fourth-order valence-corrected chi connectivity index (χ4v) is 3.01. The SMILES string of the molecule is CCOc1cc(/C=N/NS(=O)(=O)c2ccccc2)cc([N+](=O)[O-])c1OCC. The second-order valence-electron chi connectivity index (χ2n) is 5.16. The zero-order chi connectivity index (χ0) is 19.9. The van der Waals surface area contributed by atoms with Crippen molar-refractivity contribution in [3.05, 3.63) is 58.1 Å². The van der Waals surface area contributed by atoms with Gasteiger partial charge in [0.15, 0.2) is 5.75 Å². The maximum atomic E-state index is 12.1. The van der Waals surface area contributed by atoms with Gasteiger partial charge in [-0.1, -0.05) is 18.2 Å². The molecule has 0 heterocycles. The van der Waals surface area contributed by atoms with Crippen molar-refractivity contribution in [3.8, 4) is 11.5 Å². The lowest BCUT2D eigenvalue weighted by molar-refractivity contribution is -0.385. The quantitative estimate of drug-likeness (QED) is 0.397. The van der Waals surface area contributed by atoms with E-state index in [4.69, 9.17) is 9.47 Å². The summed E-state index contributed by atoms with van der Waals surface area (Å²) in [4.78, 5) is 12.9. The summed E-state index contributed by atoms with van der Waals surface area (Å²) in [6, 6.07) is 10.4. The third-order valence-electron chi connectivity index (χ3n) is 3.28. The average molecular weight is 393 g/mol. The highest BCUT2D eigenvalue weighted by Gasteiger charge is 2.22. The molecule has 10 heteroatoms. The molecule has 0 spiro atoms. The number of hydrogen-bond donors (Lipinski definition) is 1. The van der Waals surface area contributed by atoms with Crippen LogP contribution in [0.4, 0.5) is 5.69 Å². The maximum absolute atomic E-state index is 12.1. The molecule has 0 amide bonds. The summed E-state index contributed by atoms with van der Waals surface area (Å²) in [5.41, 5.74) is -0.0143. The Balaban J connectivity index is 2.32. The third-order valence-corrected chi connectivity index (χ3v) is 4.52. The van der Waals surface area contributed by atoms with E-state index in [-0.39, 0.29) is 40.9 Å². The van der Waals surface area contributed by atoms with Gasteiger partial charge in [0.05, 0.1) is 29.2 Å². The standard InChI is InChI=1S/C17H19N3O6S/c1-3-25-16-11-13(10-15(20(21)22)17(16)26-4-2)12-18-19-27(23,24)14-8-6-5-7-9-14/h5-12,19H,3-4H2,1-2H3/b18-12+. The molecule has 0 saturated heterocycles. The van der Waals surface area contributed by atoms with E-state index in [9.17, 15) is 18.5 Å². The summed E-state index contributed by atoms with van der Waals surface area (Å²) in [7, 11) is -3.83. The lowest BCUT2D eigenvalue weighted by atomic mass is 10.2. The normalized spacial score (nSPS) is 11.3. The number of hydrogen-bond acceptors (Lipinski definition) is 7. The molecule has 0 atom stereocenters. The van der Waals surface area contributed by atoms with Gasteiger partial charge in [0.2, 0.25) is 5.75 Å². The minimum Gasteiger partial charge on any atom is -0.490 e. The Morgan fingerprint density at radius 2 is 1.81 bits per heavy atom. The monoisotopic (exact) mass is 393 g/mol. The van der Waals surface area contributed by atoms with Gasteiger partial charge in [0.25, 0.3) is 10.0 Å². The molecule has 0 aliphatic carbocycles. The van der Waals surface area contributed by atoms with Gasteiger partial charge >= 0.3 is 5.69 Å². The lowest BCUT2D eigenvalue weighted by Crippen LogP contribution is -2.18. The summed E-state index contributed by atoms with van der Waals surface area (Å²) in [6.07, 6.45) is 1.16. The summed E-state index contributed by atoms with van der Waals surface area (Å²) in [5, 5.41) is 15.0. The van der Waals surface area contributed by atoms with Gasteiger partial charge in [-0.25, -0.2) is 4.83 Å². The van der Waals surface area contributed by atoms with Crippen molar-refractivity contribution in [1.29, 1.82) is 0 Å². The Morgan fingerprint density at radius 1 is 1.15 bits per heavy atom. The molecule has 2 aromatic carbocycles. The zero-order valence-corrected chi connectivity index (χ0v) is 15.6. The topological polar surface area (TPSA) is 120 Å². The van der Waals surface area contributed by atoms with E-state index < -0.39 is 14.9 Å². The molecule has 27 heavy (non-hydrogen) atoms. The molecular weight excluding hydrogens is 374 g/mol. The van der Waals surface area contributed by atoms with Gasteiger partial charge in [-0.3, -0.25) is 10.1 Å². The van der Waals surface area contributed by atoms with E-state index in [1.165, 1.54) is 24.3 Å². The molecule has 2 rings (SSSR count). The van der Waals surface area contributed by atoms with Gasteiger partial charge in [-0.05, 0) is 32.0 Å². The number of nitro groups is 1. The number of nitrogens with zero attached hydrogens (tertiary/aromatic N) is 2. The van der Waals surface area contributed by atoms with Crippen LogP contribution in [0, 0.1) is 10.1 Å². The van der Waals surface area contributed by atoms with Crippen LogP contribution in [0.1, 0.15) is 19.4 Å². The zero-order valence-electron chi connectivity index (χ0n) is 14.8. The molecule has 1 N–H and O–H groups in total. The number of ether oxygens (including phenoxy) is 2. The summed E-state index contributed by atoms with van der Waals surface area (Å²) in [5.74, 6) is 0.201. The Bertz CT molecular complexity index is 929. The average Bonchev–Trinajstić information content (AvgIpc) is 2.64. The largest absolute Gasteiger partial charge is 0.490 e. The van der Waals surface area contributed by atoms with Crippen LogP contribution in [-0.2, 0) is 10.0 Å². The fraction of sp³-hybridized carbons (Fsp3) is 0.235. The van der Waals surface area contributed by atoms with E-state index in [0.29, 0.717) is 0 Å². The van der Waals surface area contributed by atoms with Gasteiger partial charge < -0.3 is 9.47 Å².